The largest absolute Gasteiger partial charge is 0.484 e. The quantitative estimate of drug-likeness (QED) is 0.271. The van der Waals surface area contributed by atoms with Gasteiger partial charge in [0, 0.05) is 58.4 Å². The van der Waals surface area contributed by atoms with E-state index < -0.39 is 0 Å². The van der Waals surface area contributed by atoms with Gasteiger partial charge in [-0.25, -0.2) is 0 Å². The summed E-state index contributed by atoms with van der Waals surface area (Å²) >= 11 is 0. The molecule has 0 radical (unpaired) electrons. The number of amides is 1. The highest BCUT2D eigenvalue weighted by molar-refractivity contribution is 14.0. The Labute approximate surface area is 211 Å². The second-order valence-electron chi connectivity index (χ2n) is 8.25. The standard InChI is InChI=1S/C23H32N6O3.HI/c1-24-23(29-13-11-28(12-14-29)16-20-9-15-32-27-20)25-10-8-18-2-6-21(7-3-18)31-17-22(30)26-19-4-5-19;/h2-3,6-7,9,15,19H,4-5,8,10-14,16-17H2,1H3,(H,24,25)(H,26,30);1H. The molecule has 0 unspecified atom stereocenters. The minimum absolute atomic E-state index is 0. The van der Waals surface area contributed by atoms with Crippen LogP contribution >= 0.6 is 24.0 Å². The molecule has 1 aliphatic carbocycles. The maximum absolute atomic E-state index is 11.7. The number of nitrogens with one attached hydrogen (secondary N) is 2. The molecule has 1 saturated carbocycles. The van der Waals surface area contributed by atoms with Gasteiger partial charge in [0.2, 0.25) is 0 Å². The summed E-state index contributed by atoms with van der Waals surface area (Å²) in [4.78, 5) is 20.8. The van der Waals surface area contributed by atoms with E-state index in [0.717, 1.165) is 70.2 Å². The highest BCUT2D eigenvalue weighted by atomic mass is 127. The fraction of sp³-hybridized carbons (Fsp3) is 0.522. The van der Waals surface area contributed by atoms with Crippen molar-refractivity contribution in [2.24, 2.45) is 4.99 Å². The van der Waals surface area contributed by atoms with Crippen LogP contribution in [-0.4, -0.2) is 79.2 Å². The molecular weight excluding hydrogens is 535 g/mol. The highest BCUT2D eigenvalue weighted by Crippen LogP contribution is 2.18. The van der Waals surface area contributed by atoms with Gasteiger partial charge in [0.25, 0.3) is 5.91 Å². The summed E-state index contributed by atoms with van der Waals surface area (Å²) in [6.07, 6.45) is 4.66. The number of nitrogens with zero attached hydrogens (tertiary/aromatic N) is 4. The lowest BCUT2D eigenvalue weighted by Crippen LogP contribution is -2.52. The number of guanidine groups is 1. The van der Waals surface area contributed by atoms with Crippen LogP contribution in [0.15, 0.2) is 46.1 Å². The monoisotopic (exact) mass is 568 g/mol. The molecule has 9 nitrogen and oxygen atoms in total. The first-order valence-electron chi connectivity index (χ1n) is 11.3. The van der Waals surface area contributed by atoms with E-state index in [4.69, 9.17) is 9.26 Å². The number of hydrogen-bond acceptors (Lipinski definition) is 6. The van der Waals surface area contributed by atoms with Gasteiger partial charge in [-0.3, -0.25) is 14.7 Å². The zero-order valence-electron chi connectivity index (χ0n) is 19.0. The first-order chi connectivity index (χ1) is 15.7. The Kier molecular flexibility index (Phi) is 9.79. The van der Waals surface area contributed by atoms with E-state index in [1.165, 1.54) is 5.56 Å². The average molecular weight is 568 g/mol. The van der Waals surface area contributed by atoms with Crippen LogP contribution in [0.3, 0.4) is 0 Å². The topological polar surface area (TPSA) is 95.2 Å². The summed E-state index contributed by atoms with van der Waals surface area (Å²) in [5.41, 5.74) is 2.18. The molecule has 1 saturated heterocycles. The van der Waals surface area contributed by atoms with Crippen molar-refractivity contribution in [1.82, 2.24) is 25.6 Å². The summed E-state index contributed by atoms with van der Waals surface area (Å²) < 4.78 is 10.5. The van der Waals surface area contributed by atoms with Crippen LogP contribution < -0.4 is 15.4 Å². The molecule has 33 heavy (non-hydrogen) atoms. The molecule has 2 aliphatic rings. The minimum Gasteiger partial charge on any atom is -0.484 e. The zero-order valence-corrected chi connectivity index (χ0v) is 21.4. The number of rotatable bonds is 9. The third-order valence-corrected chi connectivity index (χ3v) is 5.69. The minimum atomic E-state index is -0.0499. The third-order valence-electron chi connectivity index (χ3n) is 5.69. The smallest absolute Gasteiger partial charge is 0.258 e. The van der Waals surface area contributed by atoms with Crippen molar-refractivity contribution >= 4 is 35.8 Å². The number of aromatic nitrogens is 1. The molecule has 4 rings (SSSR count). The molecule has 0 spiro atoms. The van der Waals surface area contributed by atoms with Gasteiger partial charge in [0.05, 0.1) is 5.69 Å². The van der Waals surface area contributed by atoms with Crippen molar-refractivity contribution < 1.29 is 14.1 Å². The van der Waals surface area contributed by atoms with Crippen LogP contribution in [0, 0.1) is 0 Å². The van der Waals surface area contributed by atoms with Gasteiger partial charge in [0.15, 0.2) is 12.6 Å². The predicted molar refractivity (Wildman–Crippen MR) is 137 cm³/mol. The van der Waals surface area contributed by atoms with Crippen molar-refractivity contribution in [3.8, 4) is 5.75 Å². The Bertz CT molecular complexity index is 878. The summed E-state index contributed by atoms with van der Waals surface area (Å²) in [5, 5.41) is 10.4. The maximum Gasteiger partial charge on any atom is 0.258 e. The number of hydrogen-bond donors (Lipinski definition) is 2. The first kappa shape index (κ1) is 25.3. The molecule has 2 heterocycles. The second kappa shape index (κ2) is 12.8. The van der Waals surface area contributed by atoms with Crippen LogP contribution in [0.25, 0.3) is 0 Å². The molecular formula is C23H33IN6O3. The van der Waals surface area contributed by atoms with Crippen molar-refractivity contribution in [3.05, 3.63) is 47.9 Å². The van der Waals surface area contributed by atoms with Gasteiger partial charge in [-0.1, -0.05) is 17.3 Å². The molecule has 1 amide bonds. The number of halogens is 1. The molecule has 2 aromatic rings. The predicted octanol–water partition coefficient (Wildman–Crippen LogP) is 1.89. The van der Waals surface area contributed by atoms with Crippen molar-refractivity contribution in [1.29, 1.82) is 0 Å². The van der Waals surface area contributed by atoms with Gasteiger partial charge in [-0.2, -0.15) is 0 Å². The summed E-state index contributed by atoms with van der Waals surface area (Å²) in [6.45, 7) is 5.48. The van der Waals surface area contributed by atoms with E-state index in [1.54, 1.807) is 6.26 Å². The van der Waals surface area contributed by atoms with Crippen LogP contribution in [0.4, 0.5) is 0 Å². The molecule has 2 fully saturated rings. The normalized spacial score (nSPS) is 16.8. The molecule has 10 heteroatoms. The zero-order chi connectivity index (χ0) is 22.2. The molecule has 0 atom stereocenters. The Morgan fingerprint density at radius 3 is 2.58 bits per heavy atom. The SMILES string of the molecule is CN=C(NCCc1ccc(OCC(=O)NC2CC2)cc1)N1CCN(Cc2ccon2)CC1.I. The molecule has 2 N–H and O–H groups in total. The van der Waals surface area contributed by atoms with E-state index in [1.807, 2.05) is 37.4 Å². The number of carbonyl (C=O) groups excluding carboxylic acids is 1. The molecule has 1 aromatic carbocycles. The lowest BCUT2D eigenvalue weighted by Gasteiger charge is -2.36. The fourth-order valence-electron chi connectivity index (χ4n) is 3.72. The Morgan fingerprint density at radius 1 is 1.18 bits per heavy atom. The van der Waals surface area contributed by atoms with E-state index >= 15 is 0 Å². The maximum atomic E-state index is 11.7. The second-order valence-corrected chi connectivity index (χ2v) is 8.25. The lowest BCUT2D eigenvalue weighted by atomic mass is 10.1. The van der Waals surface area contributed by atoms with Gasteiger partial charge in [0.1, 0.15) is 12.0 Å². The van der Waals surface area contributed by atoms with Crippen LogP contribution in [0.2, 0.25) is 0 Å². The number of carbonyl (C=O) groups is 1. The number of ether oxygens (including phenoxy) is 1. The number of piperazine rings is 1. The van der Waals surface area contributed by atoms with Crippen LogP contribution in [0.5, 0.6) is 5.75 Å². The van der Waals surface area contributed by atoms with E-state index in [-0.39, 0.29) is 36.5 Å². The summed E-state index contributed by atoms with van der Waals surface area (Å²) in [5.74, 6) is 1.60. The third kappa shape index (κ3) is 8.18. The summed E-state index contributed by atoms with van der Waals surface area (Å²) in [7, 11) is 1.83. The Morgan fingerprint density at radius 2 is 1.94 bits per heavy atom. The lowest BCUT2D eigenvalue weighted by molar-refractivity contribution is -0.123. The highest BCUT2D eigenvalue weighted by Gasteiger charge is 2.23. The van der Waals surface area contributed by atoms with E-state index in [2.05, 4.69) is 30.6 Å². The fourth-order valence-corrected chi connectivity index (χ4v) is 3.72. The van der Waals surface area contributed by atoms with E-state index in [9.17, 15) is 4.79 Å². The number of benzene rings is 1. The molecule has 0 bridgehead atoms. The number of aliphatic imine (C=N–C) groups is 1. The first-order valence-corrected chi connectivity index (χ1v) is 11.3. The van der Waals surface area contributed by atoms with Crippen molar-refractivity contribution in [2.45, 2.75) is 31.8 Å². The van der Waals surface area contributed by atoms with Gasteiger partial charge < -0.3 is 24.8 Å². The summed E-state index contributed by atoms with van der Waals surface area (Å²) in [6, 6.07) is 10.2. The van der Waals surface area contributed by atoms with Gasteiger partial charge >= 0.3 is 0 Å². The van der Waals surface area contributed by atoms with Crippen LogP contribution in [0.1, 0.15) is 24.1 Å². The molecule has 180 valence electrons. The van der Waals surface area contributed by atoms with Gasteiger partial charge in [-0.05, 0) is 37.0 Å². The van der Waals surface area contributed by atoms with Gasteiger partial charge in [-0.15, -0.1) is 24.0 Å². The van der Waals surface area contributed by atoms with E-state index in [0.29, 0.717) is 11.8 Å². The van der Waals surface area contributed by atoms with Crippen molar-refractivity contribution in [2.75, 3.05) is 46.4 Å². The molecule has 1 aromatic heterocycles. The Hall–Kier alpha value is -2.34. The van der Waals surface area contributed by atoms with Crippen molar-refractivity contribution in [3.63, 3.8) is 0 Å². The molecule has 1 aliphatic heterocycles. The average Bonchev–Trinajstić information content (AvgIpc) is 3.48. The van der Waals surface area contributed by atoms with Crippen LogP contribution in [-0.2, 0) is 17.8 Å². The Balaban J connectivity index is 0.00000306.